The van der Waals surface area contributed by atoms with E-state index in [-0.39, 0.29) is 6.42 Å². The minimum Gasteiger partial charge on any atom is -0.466 e. The van der Waals surface area contributed by atoms with Gasteiger partial charge < -0.3 is 23.7 Å². The van der Waals surface area contributed by atoms with Gasteiger partial charge in [0.15, 0.2) is 6.10 Å². The highest BCUT2D eigenvalue weighted by Crippen LogP contribution is 2.46. The fourth-order valence-corrected chi connectivity index (χ4v) is 3.83. The van der Waals surface area contributed by atoms with Gasteiger partial charge in [0.05, 0.1) is 18.6 Å². The number of rotatable bonds is 13. The van der Waals surface area contributed by atoms with Gasteiger partial charge in [-0.3, -0.25) is 4.79 Å². The van der Waals surface area contributed by atoms with Crippen molar-refractivity contribution in [1.29, 1.82) is 0 Å². The van der Waals surface area contributed by atoms with Gasteiger partial charge in [0.1, 0.15) is 6.29 Å². The van der Waals surface area contributed by atoms with Crippen molar-refractivity contribution < 1.29 is 33.3 Å². The molecule has 1 heterocycles. The summed E-state index contributed by atoms with van der Waals surface area (Å²) in [5.74, 6) is -2.60. The molecule has 3 atom stereocenters. The summed E-state index contributed by atoms with van der Waals surface area (Å²) in [6, 6.07) is 0. The molecule has 0 amide bonds. The molecule has 0 radical (unpaired) electrons. The van der Waals surface area contributed by atoms with Crippen molar-refractivity contribution in [2.45, 2.75) is 90.1 Å². The second-order valence-electron chi connectivity index (χ2n) is 8.46. The number of hydrogen-bond donors (Lipinski definition) is 0. The number of esters is 2. The number of ether oxygens (including phenoxy) is 4. The molecule has 0 aliphatic carbocycles. The third kappa shape index (κ3) is 7.01. The van der Waals surface area contributed by atoms with Gasteiger partial charge in [-0.1, -0.05) is 38.7 Å². The SMILES string of the molecule is C=CC[C@@H]1C/C(=C/C(=O)OC)[C@H](OC(=O)CCCCCCC)[C@](OC)(C(C)(C)C=O)O1. The van der Waals surface area contributed by atoms with Gasteiger partial charge in [0.2, 0.25) is 5.79 Å². The van der Waals surface area contributed by atoms with E-state index in [4.69, 9.17) is 18.9 Å². The second-order valence-corrected chi connectivity index (χ2v) is 8.46. The Kier molecular flexibility index (Phi) is 11.1. The monoisotopic (exact) mass is 438 g/mol. The standard InChI is InChI=1S/C24H38O7/c1-7-9-10-11-12-14-20(26)30-22-18(16-21(27)28-5)15-19(13-8-2)31-24(22,29-6)23(3,4)17-25/h8,16-17,19,22H,2,7,9-15H2,1,3-6H3/b18-16-/t19-,22+,24-/m1/s1. The third-order valence-electron chi connectivity index (χ3n) is 5.65. The highest BCUT2D eigenvalue weighted by molar-refractivity contribution is 5.83. The Morgan fingerprint density at radius 2 is 1.90 bits per heavy atom. The van der Waals surface area contributed by atoms with Gasteiger partial charge in [0, 0.05) is 19.6 Å². The fourth-order valence-electron chi connectivity index (χ4n) is 3.83. The normalized spacial score (nSPS) is 25.1. The molecule has 176 valence electrons. The number of hydrogen-bond acceptors (Lipinski definition) is 7. The molecular weight excluding hydrogens is 400 g/mol. The molecule has 31 heavy (non-hydrogen) atoms. The van der Waals surface area contributed by atoms with E-state index < -0.39 is 35.3 Å². The van der Waals surface area contributed by atoms with Crippen molar-refractivity contribution in [3.63, 3.8) is 0 Å². The Bertz CT molecular complexity index is 652. The Morgan fingerprint density at radius 3 is 2.45 bits per heavy atom. The van der Waals surface area contributed by atoms with Crippen LogP contribution in [0.5, 0.6) is 0 Å². The maximum atomic E-state index is 12.7. The molecule has 0 aromatic carbocycles. The summed E-state index contributed by atoms with van der Waals surface area (Å²) in [7, 11) is 2.68. The molecule has 0 unspecified atom stereocenters. The summed E-state index contributed by atoms with van der Waals surface area (Å²) in [6.45, 7) is 9.19. The summed E-state index contributed by atoms with van der Waals surface area (Å²) in [5, 5.41) is 0. The van der Waals surface area contributed by atoms with Crippen LogP contribution in [0.15, 0.2) is 24.3 Å². The van der Waals surface area contributed by atoms with Crippen molar-refractivity contribution in [2.75, 3.05) is 14.2 Å². The van der Waals surface area contributed by atoms with Gasteiger partial charge in [-0.05, 0) is 38.7 Å². The Balaban J connectivity index is 3.28. The number of unbranched alkanes of at least 4 members (excludes halogenated alkanes) is 4. The minimum absolute atomic E-state index is 0.239. The molecule has 7 nitrogen and oxygen atoms in total. The van der Waals surface area contributed by atoms with Crippen molar-refractivity contribution >= 4 is 18.2 Å². The quantitative estimate of drug-likeness (QED) is 0.139. The molecule has 1 aliphatic rings. The molecule has 0 N–H and O–H groups in total. The van der Waals surface area contributed by atoms with Gasteiger partial charge in [-0.25, -0.2) is 4.79 Å². The Hall–Kier alpha value is -1.99. The van der Waals surface area contributed by atoms with Crippen molar-refractivity contribution in [3.05, 3.63) is 24.3 Å². The second kappa shape index (κ2) is 12.8. The Morgan fingerprint density at radius 1 is 1.23 bits per heavy atom. The number of carbonyl (C=O) groups is 3. The van der Waals surface area contributed by atoms with Crippen LogP contribution in [-0.2, 0) is 33.3 Å². The first kappa shape index (κ1) is 27.0. The Labute approximate surface area is 186 Å². The highest BCUT2D eigenvalue weighted by Gasteiger charge is 2.59. The lowest BCUT2D eigenvalue weighted by Gasteiger charge is -2.51. The summed E-state index contributed by atoms with van der Waals surface area (Å²) in [4.78, 5) is 36.8. The smallest absolute Gasteiger partial charge is 0.330 e. The molecular formula is C24H38O7. The molecule has 1 rings (SSSR count). The average molecular weight is 439 g/mol. The van der Waals surface area contributed by atoms with Crippen LogP contribution < -0.4 is 0 Å². The van der Waals surface area contributed by atoms with E-state index in [1.165, 1.54) is 20.3 Å². The molecule has 7 heteroatoms. The fraction of sp³-hybridized carbons (Fsp3) is 0.708. The van der Waals surface area contributed by atoms with Crippen LogP contribution >= 0.6 is 0 Å². The van der Waals surface area contributed by atoms with Gasteiger partial charge in [-0.15, -0.1) is 6.58 Å². The van der Waals surface area contributed by atoms with Crippen molar-refractivity contribution in [2.24, 2.45) is 5.41 Å². The lowest BCUT2D eigenvalue weighted by Crippen LogP contribution is -2.63. The summed E-state index contributed by atoms with van der Waals surface area (Å²) < 4.78 is 22.6. The first-order valence-electron chi connectivity index (χ1n) is 11.0. The van der Waals surface area contributed by atoms with Crippen LogP contribution in [0.3, 0.4) is 0 Å². The summed E-state index contributed by atoms with van der Waals surface area (Å²) in [5.41, 5.74) is -0.691. The number of carbonyl (C=O) groups excluding carboxylic acids is 3. The van der Waals surface area contributed by atoms with E-state index in [1.54, 1.807) is 19.9 Å². The molecule has 1 saturated heterocycles. The van der Waals surface area contributed by atoms with E-state index >= 15 is 0 Å². The molecule has 0 spiro atoms. The van der Waals surface area contributed by atoms with Crippen LogP contribution in [0.25, 0.3) is 0 Å². The van der Waals surface area contributed by atoms with E-state index in [0.29, 0.717) is 31.1 Å². The maximum absolute atomic E-state index is 12.7. The zero-order valence-electron chi connectivity index (χ0n) is 19.6. The van der Waals surface area contributed by atoms with Gasteiger partial charge in [0.25, 0.3) is 0 Å². The van der Waals surface area contributed by atoms with Crippen LogP contribution in [0, 0.1) is 5.41 Å². The molecule has 0 saturated carbocycles. The first-order chi connectivity index (χ1) is 14.7. The number of aldehydes is 1. The predicted molar refractivity (Wildman–Crippen MR) is 117 cm³/mol. The van der Waals surface area contributed by atoms with E-state index in [9.17, 15) is 14.4 Å². The largest absolute Gasteiger partial charge is 0.466 e. The average Bonchev–Trinajstić information content (AvgIpc) is 2.74. The van der Waals surface area contributed by atoms with E-state index in [1.807, 2.05) is 0 Å². The lowest BCUT2D eigenvalue weighted by atomic mass is 9.75. The summed E-state index contributed by atoms with van der Waals surface area (Å²) in [6.07, 6.45) is 8.21. The van der Waals surface area contributed by atoms with E-state index in [2.05, 4.69) is 13.5 Å². The van der Waals surface area contributed by atoms with Crippen LogP contribution in [0.2, 0.25) is 0 Å². The molecule has 0 bridgehead atoms. The van der Waals surface area contributed by atoms with Crippen LogP contribution in [0.1, 0.15) is 72.1 Å². The molecule has 1 fully saturated rings. The van der Waals surface area contributed by atoms with Crippen molar-refractivity contribution in [1.82, 2.24) is 0 Å². The lowest BCUT2D eigenvalue weighted by molar-refractivity contribution is -0.334. The number of methoxy groups -OCH3 is 2. The first-order valence-corrected chi connectivity index (χ1v) is 11.0. The predicted octanol–water partition coefficient (Wildman–Crippen LogP) is 4.29. The zero-order chi connectivity index (χ0) is 23.5. The van der Waals surface area contributed by atoms with E-state index in [0.717, 1.165) is 25.7 Å². The maximum Gasteiger partial charge on any atom is 0.330 e. The van der Waals surface area contributed by atoms with Crippen LogP contribution in [-0.4, -0.2) is 50.4 Å². The summed E-state index contributed by atoms with van der Waals surface area (Å²) >= 11 is 0. The zero-order valence-corrected chi connectivity index (χ0v) is 19.6. The minimum atomic E-state index is -1.60. The van der Waals surface area contributed by atoms with Gasteiger partial charge >= 0.3 is 11.9 Å². The third-order valence-corrected chi connectivity index (χ3v) is 5.65. The van der Waals surface area contributed by atoms with Crippen molar-refractivity contribution in [3.8, 4) is 0 Å². The highest BCUT2D eigenvalue weighted by atomic mass is 16.7. The van der Waals surface area contributed by atoms with Crippen LogP contribution in [0.4, 0.5) is 0 Å². The molecule has 1 aliphatic heterocycles. The topological polar surface area (TPSA) is 88.1 Å². The molecule has 0 aromatic heterocycles. The van der Waals surface area contributed by atoms with Gasteiger partial charge in [-0.2, -0.15) is 0 Å². The molecule has 0 aromatic rings.